The van der Waals surface area contributed by atoms with E-state index in [2.05, 4.69) is 12.2 Å². The number of likely N-dealkylation sites (tertiary alicyclic amines) is 1. The van der Waals surface area contributed by atoms with Crippen LogP contribution in [0.15, 0.2) is 0 Å². The van der Waals surface area contributed by atoms with Crippen LogP contribution in [0.3, 0.4) is 0 Å². The van der Waals surface area contributed by atoms with Crippen LogP contribution in [0, 0.1) is 0 Å². The van der Waals surface area contributed by atoms with Gasteiger partial charge in [-0.1, -0.05) is 77.6 Å². The fourth-order valence-electron chi connectivity index (χ4n) is 4.09. The van der Waals surface area contributed by atoms with E-state index in [1.807, 2.05) is 20.8 Å². The molecule has 0 aliphatic carbocycles. The molecule has 0 aromatic heterocycles. The largest absolute Gasteiger partial charge is 0.444 e. The zero-order valence-electron chi connectivity index (χ0n) is 20.3. The summed E-state index contributed by atoms with van der Waals surface area (Å²) in [6, 6.07) is -0.0261. The van der Waals surface area contributed by atoms with Crippen molar-refractivity contribution in [3.05, 3.63) is 0 Å². The lowest BCUT2D eigenvalue weighted by Crippen LogP contribution is -2.42. The quantitative estimate of drug-likeness (QED) is 0.302. The maximum absolute atomic E-state index is 12.3. The van der Waals surface area contributed by atoms with Gasteiger partial charge >= 0.3 is 6.09 Å². The number of hydrogen-bond donors (Lipinski definition) is 1. The summed E-state index contributed by atoms with van der Waals surface area (Å²) in [7, 11) is 0. The molecule has 0 radical (unpaired) electrons. The third kappa shape index (κ3) is 13.1. The molecule has 0 aromatic carbocycles. The van der Waals surface area contributed by atoms with Gasteiger partial charge in [0.05, 0.1) is 0 Å². The normalized spacial score (nSPS) is 16.7. The first kappa shape index (κ1) is 26.8. The number of unbranched alkanes of at least 4 members (excludes halogenated alkanes) is 11. The van der Waals surface area contributed by atoms with Crippen LogP contribution in [0.4, 0.5) is 4.79 Å². The van der Waals surface area contributed by atoms with Crippen LogP contribution in [0.5, 0.6) is 0 Å². The van der Waals surface area contributed by atoms with Crippen LogP contribution in [-0.2, 0) is 9.53 Å². The Morgan fingerprint density at radius 3 is 1.97 bits per heavy atom. The van der Waals surface area contributed by atoms with Crippen molar-refractivity contribution in [3.63, 3.8) is 0 Å². The van der Waals surface area contributed by atoms with Gasteiger partial charge in [-0.2, -0.15) is 0 Å². The molecule has 1 aliphatic rings. The van der Waals surface area contributed by atoms with Crippen molar-refractivity contribution in [2.45, 2.75) is 136 Å². The lowest BCUT2D eigenvalue weighted by Gasteiger charge is -2.28. The minimum Gasteiger partial charge on any atom is -0.444 e. The van der Waals surface area contributed by atoms with Crippen LogP contribution >= 0.6 is 0 Å². The first-order valence-electron chi connectivity index (χ1n) is 12.6. The van der Waals surface area contributed by atoms with E-state index in [-0.39, 0.29) is 18.0 Å². The Hall–Kier alpha value is -1.26. The molecule has 0 bridgehead atoms. The second kappa shape index (κ2) is 15.5. The maximum atomic E-state index is 12.3. The van der Waals surface area contributed by atoms with E-state index in [0.29, 0.717) is 13.0 Å². The van der Waals surface area contributed by atoms with Gasteiger partial charge in [-0.25, -0.2) is 4.79 Å². The van der Waals surface area contributed by atoms with E-state index in [9.17, 15) is 9.59 Å². The van der Waals surface area contributed by atoms with Crippen molar-refractivity contribution in [3.8, 4) is 0 Å². The van der Waals surface area contributed by atoms with Crippen molar-refractivity contribution in [2.75, 3.05) is 13.1 Å². The van der Waals surface area contributed by atoms with E-state index < -0.39 is 5.60 Å². The Kier molecular flexibility index (Phi) is 13.9. The van der Waals surface area contributed by atoms with Crippen LogP contribution in [0.25, 0.3) is 0 Å². The molecule has 1 heterocycles. The second-order valence-corrected chi connectivity index (χ2v) is 9.91. The number of amides is 2. The lowest BCUT2D eigenvalue weighted by atomic mass is 10.1. The highest BCUT2D eigenvalue weighted by molar-refractivity contribution is 5.78. The molecule has 0 saturated carbocycles. The average Bonchev–Trinajstić information content (AvgIpc) is 3.12. The first-order valence-corrected chi connectivity index (χ1v) is 12.6. The van der Waals surface area contributed by atoms with Gasteiger partial charge in [-0.3, -0.25) is 4.79 Å². The van der Waals surface area contributed by atoms with Crippen LogP contribution < -0.4 is 5.32 Å². The van der Waals surface area contributed by atoms with Crippen molar-refractivity contribution in [1.82, 2.24) is 10.2 Å². The Morgan fingerprint density at radius 2 is 1.43 bits per heavy atom. The molecule has 0 unspecified atom stereocenters. The van der Waals surface area contributed by atoms with Gasteiger partial charge in [0, 0.05) is 25.6 Å². The molecule has 0 aromatic rings. The SMILES string of the molecule is CCCCCCCCCCCCCCNC(=O)C[C@H]1CCCN1C(=O)OC(C)(C)C. The van der Waals surface area contributed by atoms with E-state index in [4.69, 9.17) is 4.74 Å². The van der Waals surface area contributed by atoms with E-state index >= 15 is 0 Å². The summed E-state index contributed by atoms with van der Waals surface area (Å²) < 4.78 is 5.47. The Labute approximate surface area is 185 Å². The molecule has 1 aliphatic heterocycles. The molecule has 1 atom stereocenters. The van der Waals surface area contributed by atoms with Gasteiger partial charge in [-0.15, -0.1) is 0 Å². The summed E-state index contributed by atoms with van der Waals surface area (Å²) in [5, 5.41) is 3.04. The monoisotopic (exact) mass is 424 g/mol. The summed E-state index contributed by atoms with van der Waals surface area (Å²) in [6.45, 7) is 9.31. The summed E-state index contributed by atoms with van der Waals surface area (Å²) >= 11 is 0. The fourth-order valence-corrected chi connectivity index (χ4v) is 4.09. The molecule has 176 valence electrons. The minimum absolute atomic E-state index is 0.0261. The highest BCUT2D eigenvalue weighted by Gasteiger charge is 2.33. The van der Waals surface area contributed by atoms with E-state index in [1.54, 1.807) is 4.90 Å². The van der Waals surface area contributed by atoms with Gasteiger partial charge in [0.1, 0.15) is 5.60 Å². The number of hydrogen-bond acceptors (Lipinski definition) is 3. The predicted octanol–water partition coefficient (Wildman–Crippen LogP) is 6.59. The molecule has 2 amide bonds. The summed E-state index contributed by atoms with van der Waals surface area (Å²) in [5.74, 6) is 0.0542. The fraction of sp³-hybridized carbons (Fsp3) is 0.920. The number of nitrogens with one attached hydrogen (secondary N) is 1. The highest BCUT2D eigenvalue weighted by atomic mass is 16.6. The Morgan fingerprint density at radius 1 is 0.900 bits per heavy atom. The molecule has 0 spiro atoms. The zero-order valence-corrected chi connectivity index (χ0v) is 20.3. The van der Waals surface area contributed by atoms with Crippen molar-refractivity contribution < 1.29 is 14.3 Å². The van der Waals surface area contributed by atoms with Crippen LogP contribution in [0.1, 0.15) is 124 Å². The van der Waals surface area contributed by atoms with E-state index in [0.717, 1.165) is 25.8 Å². The molecule has 1 rings (SSSR count). The average molecular weight is 425 g/mol. The predicted molar refractivity (Wildman–Crippen MR) is 125 cm³/mol. The van der Waals surface area contributed by atoms with Crippen LogP contribution in [-0.4, -0.2) is 41.6 Å². The lowest BCUT2D eigenvalue weighted by molar-refractivity contribution is -0.122. The molecule has 1 fully saturated rings. The Balaban J connectivity index is 2.01. The highest BCUT2D eigenvalue weighted by Crippen LogP contribution is 2.23. The topological polar surface area (TPSA) is 58.6 Å². The van der Waals surface area contributed by atoms with Gasteiger partial charge in [0.15, 0.2) is 0 Å². The number of ether oxygens (including phenoxy) is 1. The molecular formula is C25H48N2O3. The third-order valence-electron chi connectivity index (χ3n) is 5.78. The molecule has 1 N–H and O–H groups in total. The van der Waals surface area contributed by atoms with Gasteiger partial charge in [-0.05, 0) is 40.0 Å². The smallest absolute Gasteiger partial charge is 0.410 e. The molecule has 5 nitrogen and oxygen atoms in total. The third-order valence-corrected chi connectivity index (χ3v) is 5.78. The second-order valence-electron chi connectivity index (χ2n) is 9.91. The summed E-state index contributed by atoms with van der Waals surface area (Å²) in [4.78, 5) is 26.3. The van der Waals surface area contributed by atoms with Gasteiger partial charge in [0.25, 0.3) is 0 Å². The van der Waals surface area contributed by atoms with Crippen molar-refractivity contribution in [2.24, 2.45) is 0 Å². The zero-order chi connectivity index (χ0) is 22.2. The van der Waals surface area contributed by atoms with Crippen molar-refractivity contribution in [1.29, 1.82) is 0 Å². The van der Waals surface area contributed by atoms with Crippen molar-refractivity contribution >= 4 is 12.0 Å². The summed E-state index contributed by atoms with van der Waals surface area (Å²) in [6.07, 6.45) is 17.8. The van der Waals surface area contributed by atoms with Gasteiger partial charge < -0.3 is 15.0 Å². The Bertz CT molecular complexity index is 474. The molecule has 5 heteroatoms. The standard InChI is InChI=1S/C25H48N2O3/c1-5-6-7-8-9-10-11-12-13-14-15-16-19-26-23(28)21-22-18-17-20-27(22)24(29)30-25(2,3)4/h22H,5-21H2,1-4H3,(H,26,28)/t22-/m1/s1. The molecule has 1 saturated heterocycles. The van der Waals surface area contributed by atoms with Gasteiger partial charge in [0.2, 0.25) is 5.91 Å². The molecule has 30 heavy (non-hydrogen) atoms. The van der Waals surface area contributed by atoms with Crippen LogP contribution in [0.2, 0.25) is 0 Å². The maximum Gasteiger partial charge on any atom is 0.410 e. The number of carbonyl (C=O) groups excluding carboxylic acids is 2. The first-order chi connectivity index (χ1) is 14.3. The number of rotatable bonds is 15. The minimum atomic E-state index is -0.499. The summed E-state index contributed by atoms with van der Waals surface area (Å²) in [5.41, 5.74) is -0.499. The van der Waals surface area contributed by atoms with E-state index in [1.165, 1.54) is 70.6 Å². The number of carbonyl (C=O) groups is 2. The molecular weight excluding hydrogens is 376 g/mol. The number of nitrogens with zero attached hydrogens (tertiary/aromatic N) is 1.